The van der Waals surface area contributed by atoms with E-state index < -0.39 is 4.92 Å². The topological polar surface area (TPSA) is 107 Å². The first-order valence-electron chi connectivity index (χ1n) is 4.92. The van der Waals surface area contributed by atoms with Gasteiger partial charge in [-0.2, -0.15) is 0 Å². The van der Waals surface area contributed by atoms with Gasteiger partial charge in [-0.15, -0.1) is 10.2 Å². The Labute approximate surface area is 95.8 Å². The fraction of sp³-hybridized carbons (Fsp3) is 0.333. The number of nitrogens with zero attached hydrogens (tertiary/aromatic N) is 3. The molecule has 8 heteroatoms. The Balaban J connectivity index is 2.15. The minimum Gasteiger partial charge on any atom is -0.418 e. The van der Waals surface area contributed by atoms with Crippen molar-refractivity contribution in [1.82, 2.24) is 15.5 Å². The first kappa shape index (κ1) is 11.3. The zero-order chi connectivity index (χ0) is 12.3. The summed E-state index contributed by atoms with van der Waals surface area (Å²) in [6.07, 6.45) is 0.590. The first-order chi connectivity index (χ1) is 8.20. The molecule has 0 saturated carbocycles. The molecule has 2 aromatic heterocycles. The Bertz CT molecular complexity index is 519. The Kier molecular flexibility index (Phi) is 3.15. The molecule has 0 unspecified atom stereocenters. The van der Waals surface area contributed by atoms with Gasteiger partial charge in [-0.1, -0.05) is 0 Å². The molecule has 0 radical (unpaired) electrons. The van der Waals surface area contributed by atoms with Crippen molar-refractivity contribution >= 4 is 5.88 Å². The fourth-order valence-electron chi connectivity index (χ4n) is 1.23. The number of hydrogen-bond acceptors (Lipinski definition) is 7. The molecule has 1 N–H and O–H groups in total. The molecule has 90 valence electrons. The van der Waals surface area contributed by atoms with E-state index >= 15 is 0 Å². The van der Waals surface area contributed by atoms with Crippen molar-refractivity contribution in [2.45, 2.75) is 6.42 Å². The monoisotopic (exact) mass is 238 g/mol. The third-order valence-electron chi connectivity index (χ3n) is 2.04. The van der Waals surface area contributed by atoms with Gasteiger partial charge in [0.1, 0.15) is 4.92 Å². The lowest BCUT2D eigenvalue weighted by Gasteiger charge is -1.91. The number of nitro groups is 1. The molecular formula is C9H10N4O4. The summed E-state index contributed by atoms with van der Waals surface area (Å²) in [4.78, 5) is 9.81. The van der Waals surface area contributed by atoms with Crippen LogP contribution in [0.4, 0.5) is 5.88 Å². The van der Waals surface area contributed by atoms with Crippen LogP contribution in [0.2, 0.25) is 0 Å². The minimum absolute atomic E-state index is 0.143. The Hall–Kier alpha value is -2.22. The molecule has 0 aliphatic rings. The van der Waals surface area contributed by atoms with E-state index in [1.807, 2.05) is 7.05 Å². The first-order valence-corrected chi connectivity index (χ1v) is 4.92. The number of hydrogen-bond donors (Lipinski definition) is 1. The van der Waals surface area contributed by atoms with Crippen LogP contribution in [0.3, 0.4) is 0 Å². The average molecular weight is 238 g/mol. The quantitative estimate of drug-likeness (QED) is 0.611. The van der Waals surface area contributed by atoms with Gasteiger partial charge in [-0.25, -0.2) is 0 Å². The molecule has 0 amide bonds. The Morgan fingerprint density at radius 1 is 1.41 bits per heavy atom. The predicted octanol–water partition coefficient (Wildman–Crippen LogP) is 1.000. The molecule has 17 heavy (non-hydrogen) atoms. The second-order valence-corrected chi connectivity index (χ2v) is 3.25. The van der Waals surface area contributed by atoms with Gasteiger partial charge in [-0.3, -0.25) is 10.1 Å². The zero-order valence-corrected chi connectivity index (χ0v) is 9.04. The summed E-state index contributed by atoms with van der Waals surface area (Å²) < 4.78 is 10.2. The number of likely N-dealkylation sites (N-methyl/N-ethyl adjacent to an activating group) is 1. The molecule has 0 spiro atoms. The number of aromatic nitrogens is 2. The highest BCUT2D eigenvalue weighted by atomic mass is 16.6. The fourth-order valence-corrected chi connectivity index (χ4v) is 1.23. The van der Waals surface area contributed by atoms with Crippen LogP contribution in [0.25, 0.3) is 11.7 Å². The molecule has 2 aromatic rings. The van der Waals surface area contributed by atoms with Gasteiger partial charge < -0.3 is 14.2 Å². The molecule has 0 saturated heterocycles. The van der Waals surface area contributed by atoms with Gasteiger partial charge in [0, 0.05) is 13.0 Å². The van der Waals surface area contributed by atoms with Crippen LogP contribution in [0.1, 0.15) is 5.89 Å². The smallest absolute Gasteiger partial charge is 0.418 e. The molecule has 8 nitrogen and oxygen atoms in total. The van der Waals surface area contributed by atoms with Crippen LogP contribution in [0, 0.1) is 10.1 Å². The summed E-state index contributed by atoms with van der Waals surface area (Å²) in [6.45, 7) is 0.708. The summed E-state index contributed by atoms with van der Waals surface area (Å²) in [5.74, 6) is 0.437. The largest absolute Gasteiger partial charge is 0.433 e. The third-order valence-corrected chi connectivity index (χ3v) is 2.04. The van der Waals surface area contributed by atoms with E-state index in [1.165, 1.54) is 12.1 Å². The molecule has 2 heterocycles. The molecule has 2 rings (SSSR count). The van der Waals surface area contributed by atoms with Crippen molar-refractivity contribution in [2.24, 2.45) is 0 Å². The van der Waals surface area contributed by atoms with Crippen molar-refractivity contribution in [3.63, 3.8) is 0 Å². The maximum absolute atomic E-state index is 10.4. The van der Waals surface area contributed by atoms with E-state index in [4.69, 9.17) is 8.83 Å². The highest BCUT2D eigenvalue weighted by Gasteiger charge is 2.17. The molecule has 0 aliphatic heterocycles. The molecule has 0 fully saturated rings. The molecular weight excluding hydrogens is 228 g/mol. The van der Waals surface area contributed by atoms with Crippen LogP contribution < -0.4 is 5.32 Å². The van der Waals surface area contributed by atoms with Gasteiger partial charge >= 0.3 is 5.88 Å². The van der Waals surface area contributed by atoms with Crippen LogP contribution in [0.15, 0.2) is 21.0 Å². The van der Waals surface area contributed by atoms with E-state index in [0.717, 1.165) is 0 Å². The van der Waals surface area contributed by atoms with E-state index in [1.54, 1.807) is 0 Å². The SMILES string of the molecule is CNCCc1nnc(-c2ccc([N+](=O)[O-])o2)o1. The van der Waals surface area contributed by atoms with Gasteiger partial charge in [0.2, 0.25) is 5.89 Å². The average Bonchev–Trinajstić information content (AvgIpc) is 2.94. The van der Waals surface area contributed by atoms with Crippen LogP contribution >= 0.6 is 0 Å². The van der Waals surface area contributed by atoms with Gasteiger partial charge in [0.25, 0.3) is 5.89 Å². The lowest BCUT2D eigenvalue weighted by Crippen LogP contribution is -2.10. The highest BCUT2D eigenvalue weighted by molar-refractivity contribution is 5.45. The molecule has 0 bridgehead atoms. The molecule has 0 aliphatic carbocycles. The van der Waals surface area contributed by atoms with Crippen LogP contribution in [-0.2, 0) is 6.42 Å². The van der Waals surface area contributed by atoms with Crippen molar-refractivity contribution in [3.05, 3.63) is 28.1 Å². The summed E-state index contributed by atoms with van der Waals surface area (Å²) in [7, 11) is 1.81. The minimum atomic E-state index is -0.623. The standard InChI is InChI=1S/C9H10N4O4/c1-10-5-4-7-11-12-9(17-7)6-2-3-8(16-6)13(14)15/h2-3,10H,4-5H2,1H3. The lowest BCUT2D eigenvalue weighted by molar-refractivity contribution is -0.401. The maximum atomic E-state index is 10.4. The van der Waals surface area contributed by atoms with E-state index in [2.05, 4.69) is 15.5 Å². The van der Waals surface area contributed by atoms with E-state index in [0.29, 0.717) is 18.9 Å². The normalized spacial score (nSPS) is 10.6. The molecule has 0 aromatic carbocycles. The van der Waals surface area contributed by atoms with Gasteiger partial charge in [0.15, 0.2) is 5.76 Å². The van der Waals surface area contributed by atoms with Crippen LogP contribution in [-0.4, -0.2) is 28.7 Å². The number of rotatable bonds is 5. The van der Waals surface area contributed by atoms with Gasteiger partial charge in [0.05, 0.1) is 6.07 Å². The van der Waals surface area contributed by atoms with Crippen LogP contribution in [0.5, 0.6) is 0 Å². The second kappa shape index (κ2) is 4.74. The maximum Gasteiger partial charge on any atom is 0.433 e. The third kappa shape index (κ3) is 2.48. The second-order valence-electron chi connectivity index (χ2n) is 3.25. The van der Waals surface area contributed by atoms with Gasteiger partial charge in [-0.05, 0) is 13.1 Å². The Morgan fingerprint density at radius 3 is 2.88 bits per heavy atom. The van der Waals surface area contributed by atoms with E-state index in [-0.39, 0.29) is 17.5 Å². The van der Waals surface area contributed by atoms with Crippen molar-refractivity contribution in [1.29, 1.82) is 0 Å². The van der Waals surface area contributed by atoms with Crippen molar-refractivity contribution in [2.75, 3.05) is 13.6 Å². The van der Waals surface area contributed by atoms with Crippen molar-refractivity contribution < 1.29 is 13.8 Å². The Morgan fingerprint density at radius 2 is 2.24 bits per heavy atom. The predicted molar refractivity (Wildman–Crippen MR) is 56.3 cm³/mol. The zero-order valence-electron chi connectivity index (χ0n) is 9.04. The lowest BCUT2D eigenvalue weighted by atomic mass is 10.4. The molecule has 0 atom stereocenters. The summed E-state index contributed by atoms with van der Waals surface area (Å²) in [5.41, 5.74) is 0. The van der Waals surface area contributed by atoms with Crippen molar-refractivity contribution in [3.8, 4) is 11.7 Å². The summed E-state index contributed by atoms with van der Waals surface area (Å²) in [6, 6.07) is 2.67. The van der Waals surface area contributed by atoms with E-state index in [9.17, 15) is 10.1 Å². The summed E-state index contributed by atoms with van der Waals surface area (Å²) in [5, 5.41) is 20.9. The number of nitrogens with one attached hydrogen (secondary N) is 1. The summed E-state index contributed by atoms with van der Waals surface area (Å²) >= 11 is 0. The highest BCUT2D eigenvalue weighted by Crippen LogP contribution is 2.24. The number of furan rings is 1.